The van der Waals surface area contributed by atoms with Gasteiger partial charge in [0.05, 0.1) is 26.2 Å². The van der Waals surface area contributed by atoms with Crippen LogP contribution in [0.3, 0.4) is 0 Å². The van der Waals surface area contributed by atoms with Crippen molar-refractivity contribution in [1.29, 1.82) is 0 Å². The Morgan fingerprint density at radius 1 is 0.971 bits per heavy atom. The number of methoxy groups -OCH3 is 2. The van der Waals surface area contributed by atoms with E-state index in [4.69, 9.17) is 18.9 Å². The zero-order chi connectivity index (χ0) is 24.4. The molecule has 0 saturated carbocycles. The molecule has 1 saturated heterocycles. The standard InChI is InChI=1S/C27H26N2O6/c1-32-19-10-8-18(9-11-19)29-25(30)14-12-21(26(29)20-5-3-4-6-22(20)33-2)27(31)28-17-7-13-23-24(15-17)35-16-34-23/h3-11,13,15,21,26H,12,14,16H2,1-2H3,(H,28,31)/t21-,26-/m1/s1. The highest BCUT2D eigenvalue weighted by Gasteiger charge is 2.42. The molecule has 0 unspecified atom stereocenters. The van der Waals surface area contributed by atoms with E-state index in [0.717, 1.165) is 5.56 Å². The zero-order valence-corrected chi connectivity index (χ0v) is 19.5. The quantitative estimate of drug-likeness (QED) is 0.564. The van der Waals surface area contributed by atoms with E-state index in [-0.39, 0.29) is 25.0 Å². The number of carbonyl (C=O) groups excluding carboxylic acids is 2. The Labute approximate surface area is 203 Å². The Kier molecular flexibility index (Phi) is 6.18. The number of fused-ring (bicyclic) bond motifs is 1. The number of anilines is 2. The molecule has 2 atom stereocenters. The minimum Gasteiger partial charge on any atom is -0.497 e. The van der Waals surface area contributed by atoms with Crippen molar-refractivity contribution >= 4 is 23.2 Å². The number of para-hydroxylation sites is 1. The van der Waals surface area contributed by atoms with Crippen molar-refractivity contribution in [2.24, 2.45) is 5.92 Å². The molecule has 0 aromatic heterocycles. The lowest BCUT2D eigenvalue weighted by Crippen LogP contribution is -2.47. The van der Waals surface area contributed by atoms with Gasteiger partial charge >= 0.3 is 0 Å². The molecule has 8 heteroatoms. The number of amides is 2. The van der Waals surface area contributed by atoms with Crippen molar-refractivity contribution in [3.8, 4) is 23.0 Å². The second kappa shape index (κ2) is 9.58. The van der Waals surface area contributed by atoms with E-state index in [1.807, 2.05) is 36.4 Å². The van der Waals surface area contributed by atoms with Gasteiger partial charge in [0.15, 0.2) is 11.5 Å². The molecule has 180 valence electrons. The van der Waals surface area contributed by atoms with Gasteiger partial charge in [-0.25, -0.2) is 0 Å². The largest absolute Gasteiger partial charge is 0.497 e. The molecule has 5 rings (SSSR count). The SMILES string of the molecule is COc1ccc(N2C(=O)CC[C@@H](C(=O)Nc3ccc4c(c3)OCO4)[C@H]2c2ccccc2OC)cc1. The summed E-state index contributed by atoms with van der Waals surface area (Å²) in [5.41, 5.74) is 2.06. The molecule has 3 aromatic carbocycles. The highest BCUT2D eigenvalue weighted by atomic mass is 16.7. The topological polar surface area (TPSA) is 86.3 Å². The number of hydrogen-bond acceptors (Lipinski definition) is 6. The third kappa shape index (κ3) is 4.35. The van der Waals surface area contributed by atoms with Crippen molar-refractivity contribution in [3.05, 3.63) is 72.3 Å². The van der Waals surface area contributed by atoms with E-state index < -0.39 is 12.0 Å². The monoisotopic (exact) mass is 474 g/mol. The molecule has 2 aliphatic rings. The summed E-state index contributed by atoms with van der Waals surface area (Å²) in [6, 6.07) is 19.5. The molecule has 0 aliphatic carbocycles. The normalized spacial score (nSPS) is 18.8. The van der Waals surface area contributed by atoms with Crippen molar-refractivity contribution in [2.45, 2.75) is 18.9 Å². The van der Waals surface area contributed by atoms with E-state index in [0.29, 0.717) is 40.8 Å². The van der Waals surface area contributed by atoms with Crippen LogP contribution in [-0.4, -0.2) is 32.8 Å². The third-order valence-corrected chi connectivity index (χ3v) is 6.38. The molecular formula is C27H26N2O6. The summed E-state index contributed by atoms with van der Waals surface area (Å²) in [6.45, 7) is 0.157. The number of nitrogens with one attached hydrogen (secondary N) is 1. The molecule has 2 heterocycles. The van der Waals surface area contributed by atoms with Crippen LogP contribution in [0.4, 0.5) is 11.4 Å². The van der Waals surface area contributed by atoms with E-state index in [1.54, 1.807) is 49.5 Å². The predicted octanol–water partition coefficient (Wildman–Crippen LogP) is 4.56. The maximum atomic E-state index is 13.7. The number of piperidine rings is 1. The molecule has 1 fully saturated rings. The molecule has 0 spiro atoms. The van der Waals surface area contributed by atoms with Crippen LogP contribution in [0.15, 0.2) is 66.7 Å². The molecular weight excluding hydrogens is 448 g/mol. The lowest BCUT2D eigenvalue weighted by atomic mass is 9.82. The third-order valence-electron chi connectivity index (χ3n) is 6.38. The van der Waals surface area contributed by atoms with Gasteiger partial charge in [-0.1, -0.05) is 18.2 Å². The number of ether oxygens (including phenoxy) is 4. The Balaban J connectivity index is 1.53. The van der Waals surface area contributed by atoms with Crippen LogP contribution in [0.2, 0.25) is 0 Å². The first-order chi connectivity index (χ1) is 17.1. The first-order valence-electron chi connectivity index (χ1n) is 11.4. The number of benzene rings is 3. The van der Waals surface area contributed by atoms with Crippen LogP contribution in [0.25, 0.3) is 0 Å². The summed E-state index contributed by atoms with van der Waals surface area (Å²) in [6.07, 6.45) is 0.654. The molecule has 0 bridgehead atoms. The molecule has 0 radical (unpaired) electrons. The minimum absolute atomic E-state index is 0.0572. The van der Waals surface area contributed by atoms with Crippen molar-refractivity contribution < 1.29 is 28.5 Å². The van der Waals surface area contributed by atoms with Gasteiger partial charge in [-0.15, -0.1) is 0 Å². The van der Waals surface area contributed by atoms with Crippen LogP contribution >= 0.6 is 0 Å². The van der Waals surface area contributed by atoms with Crippen LogP contribution < -0.4 is 29.2 Å². The van der Waals surface area contributed by atoms with Crippen molar-refractivity contribution in [2.75, 3.05) is 31.2 Å². The lowest BCUT2D eigenvalue weighted by Gasteiger charge is -2.41. The molecule has 1 N–H and O–H groups in total. The smallest absolute Gasteiger partial charge is 0.231 e. The lowest BCUT2D eigenvalue weighted by molar-refractivity contribution is -0.125. The highest BCUT2D eigenvalue weighted by molar-refractivity contribution is 6.00. The van der Waals surface area contributed by atoms with Crippen molar-refractivity contribution in [3.63, 3.8) is 0 Å². The van der Waals surface area contributed by atoms with Crippen LogP contribution in [0.5, 0.6) is 23.0 Å². The summed E-state index contributed by atoms with van der Waals surface area (Å²) in [4.78, 5) is 28.6. The molecule has 35 heavy (non-hydrogen) atoms. The van der Waals surface area contributed by atoms with Crippen LogP contribution in [0.1, 0.15) is 24.4 Å². The van der Waals surface area contributed by atoms with E-state index in [2.05, 4.69) is 5.32 Å². The van der Waals surface area contributed by atoms with Gasteiger partial charge in [0, 0.05) is 29.4 Å². The van der Waals surface area contributed by atoms with Crippen molar-refractivity contribution in [1.82, 2.24) is 0 Å². The summed E-state index contributed by atoms with van der Waals surface area (Å²) in [5.74, 6) is 1.77. The molecule has 8 nitrogen and oxygen atoms in total. The molecule has 2 amide bonds. The fourth-order valence-electron chi connectivity index (χ4n) is 4.69. The van der Waals surface area contributed by atoms with Gasteiger partial charge in [0.25, 0.3) is 0 Å². The second-order valence-corrected chi connectivity index (χ2v) is 8.35. The number of rotatable bonds is 6. The molecule has 2 aliphatic heterocycles. The summed E-state index contributed by atoms with van der Waals surface area (Å²) in [5, 5.41) is 3.01. The van der Waals surface area contributed by atoms with E-state index >= 15 is 0 Å². The Hall–Kier alpha value is -4.20. The average Bonchev–Trinajstić information content (AvgIpc) is 3.36. The van der Waals surface area contributed by atoms with Gasteiger partial charge in [-0.05, 0) is 48.9 Å². The molecule has 3 aromatic rings. The maximum Gasteiger partial charge on any atom is 0.231 e. The Morgan fingerprint density at radius 2 is 1.74 bits per heavy atom. The van der Waals surface area contributed by atoms with Crippen LogP contribution in [0, 0.1) is 5.92 Å². The average molecular weight is 475 g/mol. The second-order valence-electron chi connectivity index (χ2n) is 8.35. The fourth-order valence-corrected chi connectivity index (χ4v) is 4.69. The first kappa shape index (κ1) is 22.6. The minimum atomic E-state index is -0.560. The number of carbonyl (C=O) groups is 2. The maximum absolute atomic E-state index is 13.7. The zero-order valence-electron chi connectivity index (χ0n) is 19.5. The first-order valence-corrected chi connectivity index (χ1v) is 11.4. The van der Waals surface area contributed by atoms with Gasteiger partial charge in [0.2, 0.25) is 18.6 Å². The number of nitrogens with zero attached hydrogens (tertiary/aromatic N) is 1. The van der Waals surface area contributed by atoms with Gasteiger partial charge in [-0.3, -0.25) is 9.59 Å². The van der Waals surface area contributed by atoms with Crippen LogP contribution in [-0.2, 0) is 9.59 Å². The van der Waals surface area contributed by atoms with E-state index in [9.17, 15) is 9.59 Å². The predicted molar refractivity (Wildman–Crippen MR) is 130 cm³/mol. The summed E-state index contributed by atoms with van der Waals surface area (Å²) < 4.78 is 21.7. The number of hydrogen-bond donors (Lipinski definition) is 1. The fraction of sp³-hybridized carbons (Fsp3) is 0.259. The Morgan fingerprint density at radius 3 is 2.51 bits per heavy atom. The highest BCUT2D eigenvalue weighted by Crippen LogP contribution is 2.44. The van der Waals surface area contributed by atoms with E-state index in [1.165, 1.54) is 0 Å². The summed E-state index contributed by atoms with van der Waals surface area (Å²) in [7, 11) is 3.18. The van der Waals surface area contributed by atoms with Gasteiger partial charge < -0.3 is 29.2 Å². The summed E-state index contributed by atoms with van der Waals surface area (Å²) >= 11 is 0. The van der Waals surface area contributed by atoms with Gasteiger partial charge in [-0.2, -0.15) is 0 Å². The Bertz CT molecular complexity index is 1240. The van der Waals surface area contributed by atoms with Gasteiger partial charge in [0.1, 0.15) is 11.5 Å².